The van der Waals surface area contributed by atoms with Gasteiger partial charge in [0, 0.05) is 13.0 Å². The first kappa shape index (κ1) is 15.2. The summed E-state index contributed by atoms with van der Waals surface area (Å²) in [4.78, 5) is 32.5. The van der Waals surface area contributed by atoms with Gasteiger partial charge in [-0.25, -0.2) is 9.59 Å². The zero-order chi connectivity index (χ0) is 13.4. The van der Waals surface area contributed by atoms with Crippen molar-refractivity contribution in [2.45, 2.75) is 32.7 Å². The van der Waals surface area contributed by atoms with E-state index in [0.717, 1.165) is 0 Å². The zero-order valence-corrected chi connectivity index (χ0v) is 10.0. The fraction of sp³-hybridized carbons (Fsp3) is 0.700. The fourth-order valence-corrected chi connectivity index (χ4v) is 1.20. The highest BCUT2D eigenvalue weighted by atomic mass is 16.4. The Balaban J connectivity index is 4.04. The number of primary amides is 1. The molecule has 0 fully saturated rings. The van der Waals surface area contributed by atoms with Crippen LogP contribution in [-0.2, 0) is 9.59 Å². The summed E-state index contributed by atoms with van der Waals surface area (Å²) in [6, 6.07) is -1.54. The van der Waals surface area contributed by atoms with E-state index < -0.39 is 23.9 Å². The van der Waals surface area contributed by atoms with Gasteiger partial charge < -0.3 is 21.5 Å². The molecule has 0 spiro atoms. The van der Waals surface area contributed by atoms with E-state index in [4.69, 9.17) is 10.8 Å². The van der Waals surface area contributed by atoms with Gasteiger partial charge >= 0.3 is 12.0 Å². The number of hydrogen-bond donors (Lipinski definition) is 4. The number of rotatable bonds is 7. The molecule has 17 heavy (non-hydrogen) atoms. The van der Waals surface area contributed by atoms with Gasteiger partial charge in [0.15, 0.2) is 0 Å². The molecule has 0 aliphatic carbocycles. The van der Waals surface area contributed by atoms with E-state index >= 15 is 0 Å². The molecule has 0 bridgehead atoms. The van der Waals surface area contributed by atoms with E-state index in [1.807, 2.05) is 13.8 Å². The number of amides is 3. The molecule has 0 unspecified atom stereocenters. The van der Waals surface area contributed by atoms with Crippen LogP contribution in [0.4, 0.5) is 4.79 Å². The van der Waals surface area contributed by atoms with Crippen molar-refractivity contribution in [3.8, 4) is 0 Å². The van der Waals surface area contributed by atoms with Crippen molar-refractivity contribution in [3.05, 3.63) is 0 Å². The van der Waals surface area contributed by atoms with E-state index in [2.05, 4.69) is 10.6 Å². The third-order valence-electron chi connectivity index (χ3n) is 1.97. The van der Waals surface area contributed by atoms with Crippen LogP contribution < -0.4 is 16.4 Å². The molecule has 0 aromatic heterocycles. The molecule has 0 saturated carbocycles. The van der Waals surface area contributed by atoms with Crippen LogP contribution in [0, 0.1) is 5.92 Å². The molecule has 7 heteroatoms. The third kappa shape index (κ3) is 8.06. The van der Waals surface area contributed by atoms with Crippen molar-refractivity contribution in [1.82, 2.24) is 10.6 Å². The first-order chi connectivity index (χ1) is 7.82. The SMILES string of the molecule is CC(C)C[C@H](NC(=O)NCCC(N)=O)C(=O)O. The maximum absolute atomic E-state index is 11.3. The lowest BCUT2D eigenvalue weighted by Crippen LogP contribution is -2.47. The van der Waals surface area contributed by atoms with Crippen LogP contribution in [0.25, 0.3) is 0 Å². The molecule has 5 N–H and O–H groups in total. The Morgan fingerprint density at radius 3 is 2.29 bits per heavy atom. The lowest BCUT2D eigenvalue weighted by atomic mass is 10.0. The number of nitrogens with two attached hydrogens (primary N) is 1. The molecule has 98 valence electrons. The Bertz CT molecular complexity index is 291. The predicted octanol–water partition coefficient (Wildman–Crippen LogP) is -0.340. The molecular formula is C10H19N3O4. The summed E-state index contributed by atoms with van der Waals surface area (Å²) < 4.78 is 0. The van der Waals surface area contributed by atoms with Gasteiger partial charge in [-0.2, -0.15) is 0 Å². The van der Waals surface area contributed by atoms with Crippen molar-refractivity contribution in [2.24, 2.45) is 11.7 Å². The molecule has 0 saturated heterocycles. The first-order valence-corrected chi connectivity index (χ1v) is 5.38. The van der Waals surface area contributed by atoms with Gasteiger partial charge in [0.2, 0.25) is 5.91 Å². The molecule has 0 aliphatic rings. The van der Waals surface area contributed by atoms with Crippen LogP contribution in [0.1, 0.15) is 26.7 Å². The Morgan fingerprint density at radius 2 is 1.88 bits per heavy atom. The molecule has 0 radical (unpaired) electrons. The lowest BCUT2D eigenvalue weighted by molar-refractivity contribution is -0.139. The quantitative estimate of drug-likeness (QED) is 0.490. The van der Waals surface area contributed by atoms with Crippen molar-refractivity contribution < 1.29 is 19.5 Å². The van der Waals surface area contributed by atoms with E-state index in [-0.39, 0.29) is 18.9 Å². The van der Waals surface area contributed by atoms with Crippen molar-refractivity contribution in [3.63, 3.8) is 0 Å². The lowest BCUT2D eigenvalue weighted by Gasteiger charge is -2.16. The van der Waals surface area contributed by atoms with Gasteiger partial charge in [0.1, 0.15) is 6.04 Å². The number of aliphatic carboxylic acids is 1. The number of nitrogens with one attached hydrogen (secondary N) is 2. The first-order valence-electron chi connectivity index (χ1n) is 5.38. The van der Waals surface area contributed by atoms with E-state index in [0.29, 0.717) is 6.42 Å². The normalized spacial score (nSPS) is 11.9. The summed E-state index contributed by atoms with van der Waals surface area (Å²) in [7, 11) is 0. The summed E-state index contributed by atoms with van der Waals surface area (Å²) in [5.74, 6) is -1.45. The largest absolute Gasteiger partial charge is 0.480 e. The second-order valence-electron chi connectivity index (χ2n) is 4.14. The van der Waals surface area contributed by atoms with Crippen molar-refractivity contribution in [2.75, 3.05) is 6.54 Å². The highest BCUT2D eigenvalue weighted by Crippen LogP contribution is 2.04. The second-order valence-corrected chi connectivity index (χ2v) is 4.14. The van der Waals surface area contributed by atoms with Gasteiger partial charge in [-0.3, -0.25) is 4.79 Å². The number of carboxylic acid groups (broad SMARTS) is 1. The van der Waals surface area contributed by atoms with Crippen LogP contribution in [0.2, 0.25) is 0 Å². The number of hydrogen-bond acceptors (Lipinski definition) is 3. The molecule has 7 nitrogen and oxygen atoms in total. The minimum atomic E-state index is -1.08. The van der Waals surface area contributed by atoms with Crippen LogP contribution in [0.5, 0.6) is 0 Å². The topological polar surface area (TPSA) is 122 Å². The molecule has 3 amide bonds. The number of carbonyl (C=O) groups is 3. The minimum Gasteiger partial charge on any atom is -0.480 e. The Morgan fingerprint density at radius 1 is 1.29 bits per heavy atom. The van der Waals surface area contributed by atoms with E-state index in [9.17, 15) is 14.4 Å². The maximum atomic E-state index is 11.3. The predicted molar refractivity (Wildman–Crippen MR) is 61.2 cm³/mol. The van der Waals surface area contributed by atoms with E-state index in [1.54, 1.807) is 0 Å². The van der Waals surface area contributed by atoms with Crippen molar-refractivity contribution in [1.29, 1.82) is 0 Å². The Kier molecular flexibility index (Phi) is 6.69. The smallest absolute Gasteiger partial charge is 0.326 e. The Labute approximate surface area is 99.7 Å². The molecule has 0 rings (SSSR count). The maximum Gasteiger partial charge on any atom is 0.326 e. The third-order valence-corrected chi connectivity index (χ3v) is 1.97. The number of carbonyl (C=O) groups excluding carboxylic acids is 2. The number of urea groups is 1. The minimum absolute atomic E-state index is 0.0232. The molecule has 0 aromatic rings. The van der Waals surface area contributed by atoms with Crippen LogP contribution in [0.3, 0.4) is 0 Å². The Hall–Kier alpha value is -1.79. The van der Waals surface area contributed by atoms with Crippen molar-refractivity contribution >= 4 is 17.9 Å². The summed E-state index contributed by atoms with van der Waals surface area (Å²) in [6.07, 6.45) is 0.369. The highest BCUT2D eigenvalue weighted by molar-refractivity contribution is 5.82. The van der Waals surface area contributed by atoms with Gasteiger partial charge in [0.05, 0.1) is 0 Å². The monoisotopic (exact) mass is 245 g/mol. The number of carboxylic acids is 1. The molecule has 0 aromatic carbocycles. The molecule has 0 heterocycles. The van der Waals surface area contributed by atoms with Crippen LogP contribution in [0.15, 0.2) is 0 Å². The van der Waals surface area contributed by atoms with Crippen LogP contribution >= 0.6 is 0 Å². The summed E-state index contributed by atoms with van der Waals surface area (Å²) in [6.45, 7) is 3.82. The van der Waals surface area contributed by atoms with Crippen LogP contribution in [-0.4, -0.2) is 35.6 Å². The second kappa shape index (κ2) is 7.48. The highest BCUT2D eigenvalue weighted by Gasteiger charge is 2.20. The fourth-order valence-electron chi connectivity index (χ4n) is 1.20. The molecule has 0 aliphatic heterocycles. The standard InChI is InChI=1S/C10H19N3O4/c1-6(2)5-7(9(15)16)13-10(17)12-4-3-8(11)14/h6-7H,3-5H2,1-2H3,(H2,11,14)(H,15,16)(H2,12,13,17)/t7-/m0/s1. The summed E-state index contributed by atoms with van der Waals surface area (Å²) >= 11 is 0. The van der Waals surface area contributed by atoms with Gasteiger partial charge in [-0.05, 0) is 12.3 Å². The summed E-state index contributed by atoms with van der Waals surface area (Å²) in [5.41, 5.74) is 4.89. The van der Waals surface area contributed by atoms with Gasteiger partial charge in [-0.1, -0.05) is 13.8 Å². The summed E-state index contributed by atoms with van der Waals surface area (Å²) in [5, 5.41) is 13.5. The van der Waals surface area contributed by atoms with Gasteiger partial charge in [-0.15, -0.1) is 0 Å². The molecular weight excluding hydrogens is 226 g/mol. The van der Waals surface area contributed by atoms with E-state index in [1.165, 1.54) is 0 Å². The zero-order valence-electron chi connectivity index (χ0n) is 10.0. The average Bonchev–Trinajstić information content (AvgIpc) is 2.15. The van der Waals surface area contributed by atoms with Gasteiger partial charge in [0.25, 0.3) is 0 Å². The average molecular weight is 245 g/mol. The molecule has 1 atom stereocenters.